The van der Waals surface area contributed by atoms with E-state index in [2.05, 4.69) is 0 Å². The van der Waals surface area contributed by atoms with E-state index in [1.54, 1.807) is 24.3 Å². The van der Waals surface area contributed by atoms with Gasteiger partial charge in [-0.05, 0) is 49.2 Å². The number of nitrogen functional groups attached to an aromatic ring is 4. The highest BCUT2D eigenvalue weighted by Gasteiger charge is 2.02. The molecule has 0 amide bonds. The van der Waals surface area contributed by atoms with E-state index in [1.807, 2.05) is 12.1 Å². The molecule has 0 fully saturated rings. The fourth-order valence-electron chi connectivity index (χ4n) is 2.67. The maximum atomic E-state index is 5.86. The van der Waals surface area contributed by atoms with Crippen LogP contribution in [0, 0.1) is 0 Å². The third-order valence-corrected chi connectivity index (χ3v) is 4.12. The van der Waals surface area contributed by atoms with Crippen molar-refractivity contribution >= 4 is 22.7 Å². The van der Waals surface area contributed by atoms with Crippen LogP contribution < -0.4 is 32.4 Å². The lowest BCUT2D eigenvalue weighted by molar-refractivity contribution is 0.298. The maximum absolute atomic E-state index is 5.86. The Bertz CT molecular complexity index is 632. The van der Waals surface area contributed by atoms with Crippen molar-refractivity contribution in [2.24, 2.45) is 0 Å². The summed E-state index contributed by atoms with van der Waals surface area (Å²) in [5.74, 6) is 1.41. The lowest BCUT2D eigenvalue weighted by Crippen LogP contribution is -2.02. The Labute approximate surface area is 155 Å². The zero-order valence-corrected chi connectivity index (χ0v) is 15.2. The summed E-state index contributed by atoms with van der Waals surface area (Å²) in [7, 11) is 0. The van der Waals surface area contributed by atoms with Gasteiger partial charge in [-0.2, -0.15) is 0 Å². The molecular weight excluding hydrogens is 328 g/mol. The van der Waals surface area contributed by atoms with Crippen LogP contribution in [0.15, 0.2) is 36.4 Å². The standard InChI is InChI=1S/C20H30N4O2/c21-15-7-9-19(17(23)13-15)25-11-5-3-1-2-4-6-12-26-20-10-8-16(22)14-18(20)24/h7-10,13-14H,1-6,11-12,21-24H2. The number of rotatable bonds is 11. The first-order valence-electron chi connectivity index (χ1n) is 9.12. The van der Waals surface area contributed by atoms with Crippen LogP contribution in [0.25, 0.3) is 0 Å². The molecule has 8 N–H and O–H groups in total. The summed E-state index contributed by atoms with van der Waals surface area (Å²) < 4.78 is 11.4. The minimum atomic E-state index is 0.590. The molecule has 0 atom stereocenters. The molecule has 6 nitrogen and oxygen atoms in total. The number of hydrogen-bond acceptors (Lipinski definition) is 6. The van der Waals surface area contributed by atoms with Crippen molar-refractivity contribution in [1.82, 2.24) is 0 Å². The molecule has 0 saturated heterocycles. The number of benzene rings is 2. The van der Waals surface area contributed by atoms with Gasteiger partial charge in [-0.1, -0.05) is 25.7 Å². The number of anilines is 4. The third-order valence-electron chi connectivity index (χ3n) is 4.12. The molecule has 2 aromatic rings. The second-order valence-electron chi connectivity index (χ2n) is 6.41. The molecule has 2 rings (SSSR count). The number of ether oxygens (including phenoxy) is 2. The quantitative estimate of drug-likeness (QED) is 0.358. The van der Waals surface area contributed by atoms with Crippen molar-refractivity contribution in [3.63, 3.8) is 0 Å². The molecule has 0 aromatic heterocycles. The Balaban J connectivity index is 1.47. The lowest BCUT2D eigenvalue weighted by Gasteiger charge is -2.10. The molecule has 0 aliphatic carbocycles. The van der Waals surface area contributed by atoms with Crippen LogP contribution >= 0.6 is 0 Å². The van der Waals surface area contributed by atoms with Gasteiger partial charge in [0.25, 0.3) is 0 Å². The van der Waals surface area contributed by atoms with Crippen molar-refractivity contribution in [3.05, 3.63) is 36.4 Å². The van der Waals surface area contributed by atoms with E-state index in [0.29, 0.717) is 47.5 Å². The number of hydrogen-bond donors (Lipinski definition) is 4. The van der Waals surface area contributed by atoms with Gasteiger partial charge in [0.05, 0.1) is 24.6 Å². The van der Waals surface area contributed by atoms with E-state index < -0.39 is 0 Å². The monoisotopic (exact) mass is 358 g/mol. The van der Waals surface area contributed by atoms with Gasteiger partial charge in [0.2, 0.25) is 0 Å². The molecule has 0 heterocycles. The largest absolute Gasteiger partial charge is 0.491 e. The van der Waals surface area contributed by atoms with Gasteiger partial charge in [-0.15, -0.1) is 0 Å². The zero-order valence-electron chi connectivity index (χ0n) is 15.2. The Morgan fingerprint density at radius 3 is 1.31 bits per heavy atom. The van der Waals surface area contributed by atoms with Crippen LogP contribution in [0.4, 0.5) is 22.7 Å². The fraction of sp³-hybridized carbons (Fsp3) is 0.400. The average molecular weight is 358 g/mol. The molecule has 26 heavy (non-hydrogen) atoms. The summed E-state index contributed by atoms with van der Waals surface area (Å²) in [6.07, 6.45) is 6.68. The molecule has 142 valence electrons. The molecule has 0 aliphatic heterocycles. The molecule has 0 radical (unpaired) electrons. The molecule has 6 heteroatoms. The zero-order chi connectivity index (χ0) is 18.8. The summed E-state index contributed by atoms with van der Waals surface area (Å²) in [5, 5.41) is 0. The summed E-state index contributed by atoms with van der Waals surface area (Å²) >= 11 is 0. The van der Waals surface area contributed by atoms with E-state index in [0.717, 1.165) is 25.7 Å². The minimum absolute atomic E-state index is 0.590. The van der Waals surface area contributed by atoms with Crippen LogP contribution in [0.3, 0.4) is 0 Å². The topological polar surface area (TPSA) is 123 Å². The Morgan fingerprint density at radius 1 is 0.538 bits per heavy atom. The van der Waals surface area contributed by atoms with Crippen molar-refractivity contribution in [1.29, 1.82) is 0 Å². The molecule has 0 aliphatic rings. The summed E-state index contributed by atoms with van der Waals surface area (Å²) in [5.41, 5.74) is 25.5. The second kappa shape index (κ2) is 10.3. The van der Waals surface area contributed by atoms with Crippen LogP contribution in [0.1, 0.15) is 38.5 Å². The number of unbranched alkanes of at least 4 members (excludes halogenated alkanes) is 5. The summed E-state index contributed by atoms with van der Waals surface area (Å²) in [4.78, 5) is 0. The highest BCUT2D eigenvalue weighted by atomic mass is 16.5. The van der Waals surface area contributed by atoms with Crippen LogP contribution in [0.2, 0.25) is 0 Å². The molecule has 0 saturated carbocycles. The van der Waals surface area contributed by atoms with Crippen LogP contribution in [0.5, 0.6) is 11.5 Å². The van der Waals surface area contributed by atoms with Crippen molar-refractivity contribution in [2.75, 3.05) is 36.1 Å². The fourth-order valence-corrected chi connectivity index (χ4v) is 2.67. The SMILES string of the molecule is Nc1ccc(OCCCCCCCCOc2ccc(N)cc2N)c(N)c1. The first-order chi connectivity index (χ1) is 12.6. The maximum Gasteiger partial charge on any atom is 0.142 e. The summed E-state index contributed by atoms with van der Waals surface area (Å²) in [6, 6.07) is 10.7. The lowest BCUT2D eigenvalue weighted by atomic mass is 10.1. The number of nitrogens with two attached hydrogens (primary N) is 4. The van der Waals surface area contributed by atoms with Gasteiger partial charge in [0.1, 0.15) is 11.5 Å². The second-order valence-corrected chi connectivity index (χ2v) is 6.41. The van der Waals surface area contributed by atoms with Crippen LogP contribution in [-0.4, -0.2) is 13.2 Å². The van der Waals surface area contributed by atoms with Gasteiger partial charge in [0.15, 0.2) is 0 Å². The summed E-state index contributed by atoms with van der Waals surface area (Å²) in [6.45, 7) is 1.35. The highest BCUT2D eigenvalue weighted by molar-refractivity contribution is 5.61. The van der Waals surface area contributed by atoms with E-state index in [9.17, 15) is 0 Å². The smallest absolute Gasteiger partial charge is 0.142 e. The normalized spacial score (nSPS) is 10.6. The van der Waals surface area contributed by atoms with Crippen molar-refractivity contribution < 1.29 is 9.47 Å². The van der Waals surface area contributed by atoms with E-state index in [4.69, 9.17) is 32.4 Å². The highest BCUT2D eigenvalue weighted by Crippen LogP contribution is 2.24. The predicted molar refractivity (Wildman–Crippen MR) is 109 cm³/mol. The molecule has 2 aromatic carbocycles. The van der Waals surface area contributed by atoms with Gasteiger partial charge in [0, 0.05) is 11.4 Å². The van der Waals surface area contributed by atoms with Crippen LogP contribution in [-0.2, 0) is 0 Å². The van der Waals surface area contributed by atoms with E-state index >= 15 is 0 Å². The third kappa shape index (κ3) is 6.63. The minimum Gasteiger partial charge on any atom is -0.491 e. The van der Waals surface area contributed by atoms with Gasteiger partial charge < -0.3 is 32.4 Å². The Morgan fingerprint density at radius 2 is 0.923 bits per heavy atom. The van der Waals surface area contributed by atoms with Crippen molar-refractivity contribution in [2.45, 2.75) is 38.5 Å². The van der Waals surface area contributed by atoms with Crippen molar-refractivity contribution in [3.8, 4) is 11.5 Å². The van der Waals surface area contributed by atoms with E-state index in [1.165, 1.54) is 12.8 Å². The first-order valence-corrected chi connectivity index (χ1v) is 9.12. The molecule has 0 unspecified atom stereocenters. The Kier molecular flexibility index (Phi) is 7.74. The molecule has 0 bridgehead atoms. The van der Waals surface area contributed by atoms with E-state index in [-0.39, 0.29) is 0 Å². The average Bonchev–Trinajstić information content (AvgIpc) is 2.59. The van der Waals surface area contributed by atoms with Gasteiger partial charge in [-0.3, -0.25) is 0 Å². The molecular formula is C20H30N4O2. The molecule has 0 spiro atoms. The van der Waals surface area contributed by atoms with Gasteiger partial charge >= 0.3 is 0 Å². The first kappa shape index (κ1) is 19.6. The Hall–Kier alpha value is -2.76. The predicted octanol–water partition coefficient (Wildman–Crippen LogP) is 3.81. The van der Waals surface area contributed by atoms with Gasteiger partial charge in [-0.25, -0.2) is 0 Å².